The van der Waals surface area contributed by atoms with E-state index in [9.17, 15) is 0 Å². The zero-order chi connectivity index (χ0) is 49.9. The van der Waals surface area contributed by atoms with Crippen LogP contribution in [-0.2, 0) is 45.8 Å². The van der Waals surface area contributed by atoms with Gasteiger partial charge in [-0.25, -0.2) is 0 Å². The van der Waals surface area contributed by atoms with E-state index in [-0.39, 0.29) is 20.1 Å². The molecule has 2 saturated heterocycles. The molecule has 10 aromatic rings. The molecule has 75 heavy (non-hydrogen) atoms. The van der Waals surface area contributed by atoms with Crippen LogP contribution in [0.15, 0.2) is 207 Å². The molecule has 5 heterocycles. The van der Waals surface area contributed by atoms with Gasteiger partial charge in [-0.3, -0.25) is 0 Å². The fraction of sp³-hybridized carbons (Fsp3) is 0.174. The molecule has 0 amide bonds. The summed E-state index contributed by atoms with van der Waals surface area (Å²) in [5, 5.41) is 3.18. The molecule has 2 fully saturated rings. The maximum Gasteiger partial charge on any atom is 3.00 e. The van der Waals surface area contributed by atoms with Gasteiger partial charge in [0.25, 0.3) is 0 Å². The van der Waals surface area contributed by atoms with E-state index in [1.54, 1.807) is 10.4 Å². The third kappa shape index (κ3) is 10.7. The van der Waals surface area contributed by atoms with Gasteiger partial charge in [0.05, 0.1) is 16.1 Å². The largest absolute Gasteiger partial charge is 3.00 e. The Kier molecular flexibility index (Phi) is 14.8. The molecule has 12 rings (SSSR count). The molecule has 3 nitrogen and oxygen atoms in total. The van der Waals surface area contributed by atoms with Crippen molar-refractivity contribution in [1.29, 1.82) is 0 Å². The van der Waals surface area contributed by atoms with Crippen LogP contribution >= 0.6 is 0 Å². The van der Waals surface area contributed by atoms with Gasteiger partial charge in [-0.1, -0.05) is 176 Å². The van der Waals surface area contributed by atoms with Crippen molar-refractivity contribution >= 4 is 26.5 Å². The Hall–Kier alpha value is -6.93. The summed E-state index contributed by atoms with van der Waals surface area (Å²) in [6, 6.07) is 83.6. The van der Waals surface area contributed by atoms with Gasteiger partial charge in [-0.15, -0.1) is 108 Å². The summed E-state index contributed by atoms with van der Waals surface area (Å²) >= 11 is 0. The van der Waals surface area contributed by atoms with Crippen molar-refractivity contribution in [2.24, 2.45) is 0 Å². The molecule has 7 aromatic carbocycles. The minimum absolute atomic E-state index is 0. The van der Waals surface area contributed by atoms with Crippen LogP contribution in [0.25, 0.3) is 78.3 Å². The second-order valence-electron chi connectivity index (χ2n) is 21.3. The fourth-order valence-electron chi connectivity index (χ4n) is 11.7. The van der Waals surface area contributed by atoms with Crippen LogP contribution < -0.4 is 10.4 Å². The molecule has 368 valence electrons. The predicted octanol–water partition coefficient (Wildman–Crippen LogP) is 15.9. The van der Waals surface area contributed by atoms with Gasteiger partial charge < -0.3 is 15.0 Å². The average molecular weight is 1180 g/mol. The second kappa shape index (κ2) is 22.1. The molecule has 0 unspecified atom stereocenters. The smallest absolute Gasteiger partial charge is 0.304 e. The van der Waals surface area contributed by atoms with Crippen LogP contribution in [0.1, 0.15) is 35.1 Å². The number of rotatable bonds is 15. The first kappa shape index (κ1) is 50.2. The van der Waals surface area contributed by atoms with Crippen LogP contribution in [0.5, 0.6) is 0 Å². The third-order valence-electron chi connectivity index (χ3n) is 16.3. The van der Waals surface area contributed by atoms with E-state index in [2.05, 4.69) is 202 Å². The quantitative estimate of drug-likeness (QED) is 0.0758. The van der Waals surface area contributed by atoms with Crippen molar-refractivity contribution in [3.05, 3.63) is 247 Å². The molecular weight excluding hydrogens is 1120 g/mol. The Balaban J connectivity index is 0.00000602. The van der Waals surface area contributed by atoms with E-state index in [1.807, 2.05) is 36.4 Å². The molecule has 0 N–H and O–H groups in total. The monoisotopic (exact) mass is 1180 g/mol. The maximum atomic E-state index is 5.16. The summed E-state index contributed by atoms with van der Waals surface area (Å²) in [6.07, 6.45) is 12.9. The van der Waals surface area contributed by atoms with Crippen molar-refractivity contribution in [3.63, 3.8) is 0 Å². The van der Waals surface area contributed by atoms with Crippen LogP contribution in [0.4, 0.5) is 0 Å². The van der Waals surface area contributed by atoms with Crippen LogP contribution in [0.3, 0.4) is 0 Å². The molecule has 0 aliphatic carbocycles. The molecule has 0 saturated carbocycles. The van der Waals surface area contributed by atoms with Gasteiger partial charge in [0.2, 0.25) is 0 Å². The summed E-state index contributed by atoms with van der Waals surface area (Å²) in [5.74, 6) is 0. The summed E-state index contributed by atoms with van der Waals surface area (Å²) in [5.41, 5.74) is 21.1. The SMILES string of the molecule is C[Si]1(c2cc(-c3[c-]cccc3)ncc2CCc2cc(CCc3cnc(-c4[c-]cccc4)cc3[Si]3(C)CCC3)cc(-c3ccccc3-c3cnc(-c4[c-]cccc4)cc3-c3ccc(-c4ccccc4)cc3)c2)CCC1.[Ir+3]. The van der Waals surface area contributed by atoms with Gasteiger partial charge in [0.15, 0.2) is 0 Å². The Morgan fingerprint density at radius 2 is 0.813 bits per heavy atom. The third-order valence-corrected chi connectivity index (χ3v) is 25.7. The van der Waals surface area contributed by atoms with E-state index in [1.165, 1.54) is 87.1 Å². The fourth-order valence-corrected chi connectivity index (χ4v) is 18.5. The number of benzene rings is 7. The summed E-state index contributed by atoms with van der Waals surface area (Å²) in [6.45, 7) is 5.19. The molecule has 2 aliphatic heterocycles. The molecule has 0 spiro atoms. The number of pyridine rings is 3. The summed E-state index contributed by atoms with van der Waals surface area (Å²) < 4.78 is 0. The molecule has 2 aliphatic rings. The summed E-state index contributed by atoms with van der Waals surface area (Å²) in [4.78, 5) is 15.4. The Morgan fingerprint density at radius 1 is 0.373 bits per heavy atom. The van der Waals surface area contributed by atoms with E-state index >= 15 is 0 Å². The maximum absolute atomic E-state index is 5.16. The van der Waals surface area contributed by atoms with Crippen molar-refractivity contribution in [3.8, 4) is 78.3 Å². The van der Waals surface area contributed by atoms with Crippen LogP contribution in [0.2, 0.25) is 37.3 Å². The molecular formula is C69H60IrN3Si2. The van der Waals surface area contributed by atoms with Gasteiger partial charge in [-0.2, -0.15) is 0 Å². The van der Waals surface area contributed by atoms with Crippen LogP contribution in [0, 0.1) is 18.2 Å². The Labute approximate surface area is 459 Å². The Morgan fingerprint density at radius 3 is 1.29 bits per heavy atom. The van der Waals surface area contributed by atoms with Crippen molar-refractivity contribution in [2.75, 3.05) is 0 Å². The van der Waals surface area contributed by atoms with E-state index < -0.39 is 16.1 Å². The van der Waals surface area contributed by atoms with E-state index in [4.69, 9.17) is 15.0 Å². The van der Waals surface area contributed by atoms with Gasteiger partial charge in [-0.05, 0) is 104 Å². The van der Waals surface area contributed by atoms with Gasteiger partial charge >= 0.3 is 20.1 Å². The number of hydrogen-bond donors (Lipinski definition) is 0. The molecule has 0 radical (unpaired) electrons. The molecule has 0 atom stereocenters. The average Bonchev–Trinajstić information content (AvgIpc) is 3.46. The zero-order valence-corrected chi connectivity index (χ0v) is 47.3. The van der Waals surface area contributed by atoms with Crippen molar-refractivity contribution < 1.29 is 20.1 Å². The number of aryl methyl sites for hydroxylation is 4. The first-order valence-corrected chi connectivity index (χ1v) is 32.5. The normalized spacial score (nSPS) is 14.3. The number of hydrogen-bond acceptors (Lipinski definition) is 3. The molecule has 0 bridgehead atoms. The van der Waals surface area contributed by atoms with Gasteiger partial charge in [0, 0.05) is 24.2 Å². The van der Waals surface area contributed by atoms with Crippen molar-refractivity contribution in [2.45, 2.75) is 75.8 Å². The first-order valence-electron chi connectivity index (χ1n) is 26.6. The number of aromatic nitrogens is 3. The Bertz CT molecular complexity index is 3450. The predicted molar refractivity (Wildman–Crippen MR) is 313 cm³/mol. The number of nitrogens with zero attached hydrogens (tertiary/aromatic N) is 3. The minimum Gasteiger partial charge on any atom is -0.304 e. The van der Waals surface area contributed by atoms with Crippen molar-refractivity contribution in [1.82, 2.24) is 15.0 Å². The zero-order valence-electron chi connectivity index (χ0n) is 42.9. The van der Waals surface area contributed by atoms with E-state index in [0.717, 1.165) is 76.1 Å². The first-order chi connectivity index (χ1) is 36.4. The van der Waals surface area contributed by atoms with Gasteiger partial charge in [0.1, 0.15) is 0 Å². The minimum atomic E-state index is -1.58. The van der Waals surface area contributed by atoms with E-state index in [0.29, 0.717) is 0 Å². The molecule has 3 aromatic heterocycles. The second-order valence-corrected chi connectivity index (χ2v) is 30.6. The standard InChI is InChI=1S/C69H60N3Si2.Ir/c1-73(37-17-38-73)68-45-66(56-23-11-5-12-24-56)70-47-58(68)31-29-50-41-51(30-32-59-48-71-67(57-25-13-6-14-26-57)46-69(59)74(2)39-18-40-74)43-60(42-50)61-27-15-16-28-62(61)64-49-72-65(55-21-9-4-10-22-55)44-63(64)54-35-33-53(34-36-54)52-19-7-3-8-20-52;/h3-16,19-21,23,25,27-28,33-36,41-49H,17-18,29-32,37-40H2,1-2H3;/q-3;+3. The molecule has 6 heteroatoms. The van der Waals surface area contributed by atoms with Crippen LogP contribution in [-0.4, -0.2) is 31.1 Å². The summed E-state index contributed by atoms with van der Waals surface area (Å²) in [7, 11) is -3.16. The topological polar surface area (TPSA) is 38.7 Å².